The van der Waals surface area contributed by atoms with Crippen LogP contribution in [0.2, 0.25) is 0 Å². The Morgan fingerprint density at radius 1 is 1.38 bits per heavy atom. The highest BCUT2D eigenvalue weighted by Gasteiger charge is 2.28. The molecule has 0 bridgehead atoms. The molecule has 4 nitrogen and oxygen atoms in total. The molecule has 7 heteroatoms. The van der Waals surface area contributed by atoms with E-state index in [1.54, 1.807) is 6.92 Å². The smallest absolute Gasteiger partial charge is 0.422 e. The second kappa shape index (κ2) is 8.75. The fourth-order valence-corrected chi connectivity index (χ4v) is 0.360. The molecule has 0 radical (unpaired) electrons. The number of alkyl halides is 3. The van der Waals surface area contributed by atoms with Crippen LogP contribution in [-0.4, -0.2) is 24.7 Å². The molecule has 0 atom stereocenters. The average molecular weight is 242 g/mol. The van der Waals surface area contributed by atoms with Crippen molar-refractivity contribution in [3.63, 3.8) is 0 Å². The van der Waals surface area contributed by atoms with Gasteiger partial charge < -0.3 is 9.47 Å². The first-order valence-corrected chi connectivity index (χ1v) is 4.23. The van der Waals surface area contributed by atoms with Crippen molar-refractivity contribution in [1.82, 2.24) is 0 Å². The van der Waals surface area contributed by atoms with Gasteiger partial charge in [-0.3, -0.25) is 9.59 Å². The summed E-state index contributed by atoms with van der Waals surface area (Å²) >= 11 is 0. The van der Waals surface area contributed by atoms with Crippen molar-refractivity contribution < 1.29 is 32.2 Å². The highest BCUT2D eigenvalue weighted by molar-refractivity contribution is 5.69. The standard InChI is InChI=1S/C5H8O2.C4H5F3O2/c1-3-5(6)7-4-2;1-3(8)9-2-4(5,6)7/h4H,2-3H2,1H3;2H2,1H3. The largest absolute Gasteiger partial charge is 0.456 e. The van der Waals surface area contributed by atoms with Gasteiger partial charge in [0.1, 0.15) is 0 Å². The Balaban J connectivity index is 0. The van der Waals surface area contributed by atoms with Crippen LogP contribution in [0.5, 0.6) is 0 Å². The van der Waals surface area contributed by atoms with E-state index in [9.17, 15) is 22.8 Å². The molecule has 0 heterocycles. The summed E-state index contributed by atoms with van der Waals surface area (Å²) in [7, 11) is 0. The monoisotopic (exact) mass is 242 g/mol. The molecule has 0 unspecified atom stereocenters. The lowest BCUT2D eigenvalue weighted by Crippen LogP contribution is -2.18. The molecule has 0 aliphatic heterocycles. The van der Waals surface area contributed by atoms with Crippen LogP contribution in [0.25, 0.3) is 0 Å². The number of hydrogen-bond donors (Lipinski definition) is 0. The van der Waals surface area contributed by atoms with Gasteiger partial charge in [-0.1, -0.05) is 13.5 Å². The van der Waals surface area contributed by atoms with E-state index in [1.807, 2.05) is 0 Å². The Morgan fingerprint density at radius 3 is 2.00 bits per heavy atom. The Labute approximate surface area is 91.0 Å². The molecular formula is C9H13F3O4. The Kier molecular flexibility index (Phi) is 9.24. The van der Waals surface area contributed by atoms with Crippen molar-refractivity contribution in [2.45, 2.75) is 26.4 Å². The summed E-state index contributed by atoms with van der Waals surface area (Å²) in [6, 6.07) is 0. The molecular weight excluding hydrogens is 229 g/mol. The van der Waals surface area contributed by atoms with Crippen LogP contribution in [0.15, 0.2) is 12.8 Å². The van der Waals surface area contributed by atoms with Gasteiger partial charge in [-0.2, -0.15) is 13.2 Å². The Morgan fingerprint density at radius 2 is 1.88 bits per heavy atom. The van der Waals surface area contributed by atoms with Gasteiger partial charge in [-0.15, -0.1) is 0 Å². The molecule has 0 spiro atoms. The SMILES string of the molecule is C=COC(=O)CC.CC(=O)OCC(F)(F)F. The predicted octanol–water partition coefficient (Wildman–Crippen LogP) is 2.19. The highest BCUT2D eigenvalue weighted by atomic mass is 19.4. The van der Waals surface area contributed by atoms with Crippen molar-refractivity contribution in [2.24, 2.45) is 0 Å². The van der Waals surface area contributed by atoms with Crippen molar-refractivity contribution >= 4 is 11.9 Å². The number of ether oxygens (including phenoxy) is 2. The zero-order valence-electron chi connectivity index (χ0n) is 8.97. The molecule has 94 valence electrons. The van der Waals surface area contributed by atoms with Gasteiger partial charge in [-0.05, 0) is 0 Å². The van der Waals surface area contributed by atoms with Crippen molar-refractivity contribution in [2.75, 3.05) is 6.61 Å². The second-order valence-corrected chi connectivity index (χ2v) is 2.41. The van der Waals surface area contributed by atoms with E-state index in [0.29, 0.717) is 6.42 Å². The third-order valence-electron chi connectivity index (χ3n) is 0.943. The van der Waals surface area contributed by atoms with Crippen LogP contribution in [0.4, 0.5) is 13.2 Å². The molecule has 0 N–H and O–H groups in total. The molecule has 0 aromatic rings. The molecule has 0 amide bonds. The maximum absolute atomic E-state index is 11.1. The zero-order valence-corrected chi connectivity index (χ0v) is 8.97. The van der Waals surface area contributed by atoms with E-state index in [2.05, 4.69) is 16.1 Å². The zero-order chi connectivity index (χ0) is 13.2. The molecule has 0 fully saturated rings. The Bertz CT molecular complexity index is 235. The van der Waals surface area contributed by atoms with Gasteiger partial charge in [0.15, 0.2) is 6.61 Å². The van der Waals surface area contributed by atoms with Crippen LogP contribution < -0.4 is 0 Å². The van der Waals surface area contributed by atoms with E-state index in [-0.39, 0.29) is 5.97 Å². The van der Waals surface area contributed by atoms with Gasteiger partial charge in [0.05, 0.1) is 6.26 Å². The molecule has 16 heavy (non-hydrogen) atoms. The highest BCUT2D eigenvalue weighted by Crippen LogP contribution is 2.14. The van der Waals surface area contributed by atoms with Gasteiger partial charge in [0.2, 0.25) is 0 Å². The van der Waals surface area contributed by atoms with E-state index < -0.39 is 18.8 Å². The molecule has 0 aromatic heterocycles. The number of carbonyl (C=O) groups is 2. The predicted molar refractivity (Wildman–Crippen MR) is 49.3 cm³/mol. The number of hydrogen-bond acceptors (Lipinski definition) is 4. The molecule has 0 aliphatic carbocycles. The third kappa shape index (κ3) is 18.3. The molecule has 0 aromatic carbocycles. The summed E-state index contributed by atoms with van der Waals surface area (Å²) in [5.41, 5.74) is 0. The minimum Gasteiger partial charge on any atom is -0.456 e. The second-order valence-electron chi connectivity index (χ2n) is 2.41. The van der Waals surface area contributed by atoms with Crippen molar-refractivity contribution in [3.8, 4) is 0 Å². The van der Waals surface area contributed by atoms with E-state index in [4.69, 9.17) is 0 Å². The van der Waals surface area contributed by atoms with Crippen LogP contribution in [0.1, 0.15) is 20.3 Å². The first-order valence-electron chi connectivity index (χ1n) is 4.23. The molecule has 0 rings (SSSR count). The lowest BCUT2D eigenvalue weighted by atomic mass is 10.5. The summed E-state index contributed by atoms with van der Waals surface area (Å²) < 4.78 is 41.4. The maximum atomic E-state index is 11.1. The number of halogens is 3. The molecule has 0 saturated carbocycles. The van der Waals surface area contributed by atoms with Gasteiger partial charge in [0, 0.05) is 13.3 Å². The van der Waals surface area contributed by atoms with Crippen molar-refractivity contribution in [1.29, 1.82) is 0 Å². The van der Waals surface area contributed by atoms with E-state index >= 15 is 0 Å². The summed E-state index contributed by atoms with van der Waals surface area (Å²) in [6.07, 6.45) is -2.87. The molecule has 0 saturated heterocycles. The first-order chi connectivity index (χ1) is 7.22. The van der Waals surface area contributed by atoms with Gasteiger partial charge in [0.25, 0.3) is 0 Å². The maximum Gasteiger partial charge on any atom is 0.422 e. The summed E-state index contributed by atoms with van der Waals surface area (Å²) in [5.74, 6) is -1.16. The fourth-order valence-electron chi connectivity index (χ4n) is 0.360. The topological polar surface area (TPSA) is 52.6 Å². The quantitative estimate of drug-likeness (QED) is 0.562. The molecule has 0 aliphatic rings. The third-order valence-corrected chi connectivity index (χ3v) is 0.943. The lowest BCUT2D eigenvalue weighted by Gasteiger charge is -2.04. The summed E-state index contributed by atoms with van der Waals surface area (Å²) in [4.78, 5) is 19.9. The minimum absolute atomic E-state index is 0.241. The van der Waals surface area contributed by atoms with Crippen LogP contribution in [-0.2, 0) is 19.1 Å². The average Bonchev–Trinajstić information content (AvgIpc) is 2.15. The van der Waals surface area contributed by atoms with E-state index in [0.717, 1.165) is 13.2 Å². The number of carbonyl (C=O) groups excluding carboxylic acids is 2. The van der Waals surface area contributed by atoms with E-state index in [1.165, 1.54) is 0 Å². The van der Waals surface area contributed by atoms with Crippen molar-refractivity contribution in [3.05, 3.63) is 12.8 Å². The van der Waals surface area contributed by atoms with Gasteiger partial charge in [-0.25, -0.2) is 0 Å². The summed E-state index contributed by atoms with van der Waals surface area (Å²) in [6.45, 7) is 4.36. The summed E-state index contributed by atoms with van der Waals surface area (Å²) in [5, 5.41) is 0. The van der Waals surface area contributed by atoms with Gasteiger partial charge >= 0.3 is 18.1 Å². The number of rotatable bonds is 3. The minimum atomic E-state index is -4.41. The van der Waals surface area contributed by atoms with Crippen LogP contribution >= 0.6 is 0 Å². The first kappa shape index (κ1) is 16.9. The van der Waals surface area contributed by atoms with Crippen LogP contribution in [0, 0.1) is 0 Å². The number of esters is 2. The lowest BCUT2D eigenvalue weighted by molar-refractivity contribution is -0.184. The Hall–Kier alpha value is -1.53. The fraction of sp³-hybridized carbons (Fsp3) is 0.556. The van der Waals surface area contributed by atoms with Crippen LogP contribution in [0.3, 0.4) is 0 Å². The normalized spacial score (nSPS) is 9.56.